The molecule has 26 heavy (non-hydrogen) atoms. The number of aromatic nitrogens is 1. The molecule has 0 aliphatic rings. The number of anilines is 1. The van der Waals surface area contributed by atoms with E-state index < -0.39 is 4.92 Å². The molecule has 1 aromatic heterocycles. The molecule has 0 aliphatic carbocycles. The SMILES string of the molecule is N#Cc1c(-c2ccc(Cl)c([N+](=O)[O-])c2)cc(-c2cccc(Cl)c2)nc1N. The zero-order chi connectivity index (χ0) is 18.8. The molecule has 6 nitrogen and oxygen atoms in total. The number of nitro benzene ring substituents is 1. The first-order chi connectivity index (χ1) is 12.4. The van der Waals surface area contributed by atoms with E-state index in [0.717, 1.165) is 0 Å². The number of hydrogen-bond donors (Lipinski definition) is 1. The second kappa shape index (κ2) is 7.00. The predicted octanol–water partition coefficient (Wildman–Crippen LogP) is 5.08. The van der Waals surface area contributed by atoms with Crippen molar-refractivity contribution in [3.63, 3.8) is 0 Å². The topological polar surface area (TPSA) is 106 Å². The number of halogens is 2. The van der Waals surface area contributed by atoms with Gasteiger partial charge in [-0.2, -0.15) is 5.26 Å². The maximum absolute atomic E-state index is 11.2. The van der Waals surface area contributed by atoms with Gasteiger partial charge in [0.15, 0.2) is 0 Å². The summed E-state index contributed by atoms with van der Waals surface area (Å²) >= 11 is 11.9. The van der Waals surface area contributed by atoms with Crippen molar-refractivity contribution in [1.82, 2.24) is 4.98 Å². The molecular weight excluding hydrogens is 375 g/mol. The van der Waals surface area contributed by atoms with Crippen LogP contribution in [0.5, 0.6) is 0 Å². The van der Waals surface area contributed by atoms with E-state index in [1.807, 2.05) is 6.07 Å². The minimum Gasteiger partial charge on any atom is -0.383 e. The van der Waals surface area contributed by atoms with Gasteiger partial charge in [-0.3, -0.25) is 10.1 Å². The standard InChI is InChI=1S/C18H10Cl2N4O2/c19-12-3-1-2-11(6-12)16-8-13(14(9-21)18(22)23-16)10-4-5-15(20)17(7-10)24(25)26/h1-8H,(H2,22,23). The summed E-state index contributed by atoms with van der Waals surface area (Å²) in [5.41, 5.74) is 7.89. The number of nitro groups is 1. The highest BCUT2D eigenvalue weighted by Gasteiger charge is 2.18. The molecule has 0 saturated carbocycles. The van der Waals surface area contributed by atoms with Crippen LogP contribution in [0.4, 0.5) is 11.5 Å². The van der Waals surface area contributed by atoms with Crippen molar-refractivity contribution in [2.75, 3.05) is 5.73 Å². The van der Waals surface area contributed by atoms with Gasteiger partial charge in [-0.1, -0.05) is 41.4 Å². The summed E-state index contributed by atoms with van der Waals surface area (Å²) in [5, 5.41) is 21.1. The molecule has 0 aliphatic heterocycles. The van der Waals surface area contributed by atoms with E-state index in [9.17, 15) is 15.4 Å². The highest BCUT2D eigenvalue weighted by molar-refractivity contribution is 6.32. The fourth-order valence-electron chi connectivity index (χ4n) is 2.53. The second-order valence-electron chi connectivity index (χ2n) is 5.36. The fraction of sp³-hybridized carbons (Fsp3) is 0. The van der Waals surface area contributed by atoms with Crippen molar-refractivity contribution in [1.29, 1.82) is 5.26 Å². The summed E-state index contributed by atoms with van der Waals surface area (Å²) < 4.78 is 0. The van der Waals surface area contributed by atoms with E-state index >= 15 is 0 Å². The molecule has 128 valence electrons. The third kappa shape index (κ3) is 3.31. The monoisotopic (exact) mass is 384 g/mol. The number of nitrogens with two attached hydrogens (primary N) is 1. The average molecular weight is 385 g/mol. The van der Waals surface area contributed by atoms with Crippen molar-refractivity contribution >= 4 is 34.7 Å². The lowest BCUT2D eigenvalue weighted by Gasteiger charge is -2.11. The Labute approximate surface area is 158 Å². The van der Waals surface area contributed by atoms with E-state index in [-0.39, 0.29) is 22.1 Å². The van der Waals surface area contributed by atoms with Crippen LogP contribution in [0.3, 0.4) is 0 Å². The number of benzene rings is 2. The van der Waals surface area contributed by atoms with Crippen LogP contribution >= 0.6 is 23.2 Å². The largest absolute Gasteiger partial charge is 0.383 e. The summed E-state index contributed by atoms with van der Waals surface area (Å²) in [5.74, 6) is 0.0255. The summed E-state index contributed by atoms with van der Waals surface area (Å²) in [6.45, 7) is 0. The van der Waals surface area contributed by atoms with Gasteiger partial charge < -0.3 is 5.73 Å². The van der Waals surface area contributed by atoms with Crippen LogP contribution in [-0.2, 0) is 0 Å². The lowest BCUT2D eigenvalue weighted by Crippen LogP contribution is -2.00. The highest BCUT2D eigenvalue weighted by atomic mass is 35.5. The molecule has 1 heterocycles. The first-order valence-corrected chi connectivity index (χ1v) is 8.07. The van der Waals surface area contributed by atoms with Crippen LogP contribution in [0.15, 0.2) is 48.5 Å². The molecule has 0 atom stereocenters. The highest BCUT2D eigenvalue weighted by Crippen LogP contribution is 2.35. The van der Waals surface area contributed by atoms with Crippen LogP contribution in [0, 0.1) is 21.4 Å². The molecule has 0 unspecified atom stereocenters. The molecular formula is C18H10Cl2N4O2. The Kier molecular flexibility index (Phi) is 4.76. The van der Waals surface area contributed by atoms with Gasteiger partial charge in [0.25, 0.3) is 5.69 Å². The Balaban J connectivity index is 2.26. The second-order valence-corrected chi connectivity index (χ2v) is 6.20. The first kappa shape index (κ1) is 17.7. The van der Waals surface area contributed by atoms with Crippen molar-refractivity contribution in [3.8, 4) is 28.5 Å². The van der Waals surface area contributed by atoms with Gasteiger partial charge in [0, 0.05) is 22.2 Å². The van der Waals surface area contributed by atoms with E-state index in [0.29, 0.717) is 27.4 Å². The van der Waals surface area contributed by atoms with Crippen LogP contribution in [0.25, 0.3) is 22.4 Å². The number of nitrogens with zero attached hydrogens (tertiary/aromatic N) is 3. The number of nitrogen functional groups attached to an aromatic ring is 1. The van der Waals surface area contributed by atoms with Crippen molar-refractivity contribution < 1.29 is 4.92 Å². The predicted molar refractivity (Wildman–Crippen MR) is 101 cm³/mol. The minimum atomic E-state index is -0.583. The van der Waals surface area contributed by atoms with E-state index in [1.165, 1.54) is 12.1 Å². The van der Waals surface area contributed by atoms with E-state index in [4.69, 9.17) is 28.9 Å². The summed E-state index contributed by atoms with van der Waals surface area (Å²) in [6.07, 6.45) is 0. The molecule has 2 N–H and O–H groups in total. The molecule has 0 radical (unpaired) electrons. The molecule has 2 aromatic carbocycles. The van der Waals surface area contributed by atoms with Crippen LogP contribution < -0.4 is 5.73 Å². The first-order valence-electron chi connectivity index (χ1n) is 7.31. The number of hydrogen-bond acceptors (Lipinski definition) is 5. The van der Waals surface area contributed by atoms with E-state index in [1.54, 1.807) is 36.4 Å². The Morgan fingerprint density at radius 1 is 1.12 bits per heavy atom. The maximum atomic E-state index is 11.2. The number of nitriles is 1. The molecule has 8 heteroatoms. The van der Waals surface area contributed by atoms with Gasteiger partial charge in [0.05, 0.1) is 10.6 Å². The molecule has 3 rings (SSSR count). The fourth-order valence-corrected chi connectivity index (χ4v) is 2.90. The summed E-state index contributed by atoms with van der Waals surface area (Å²) in [4.78, 5) is 14.8. The van der Waals surface area contributed by atoms with Gasteiger partial charge in [0.1, 0.15) is 22.5 Å². The smallest absolute Gasteiger partial charge is 0.288 e. The van der Waals surface area contributed by atoms with Crippen LogP contribution in [0.2, 0.25) is 10.0 Å². The quantitative estimate of drug-likeness (QED) is 0.500. The molecule has 3 aromatic rings. The third-order valence-electron chi connectivity index (χ3n) is 3.73. The minimum absolute atomic E-state index is 0.00866. The summed E-state index contributed by atoms with van der Waals surface area (Å²) in [6, 6.07) is 14.9. The Bertz CT molecular complexity index is 1080. The van der Waals surface area contributed by atoms with Crippen LogP contribution in [-0.4, -0.2) is 9.91 Å². The van der Waals surface area contributed by atoms with Gasteiger partial charge in [-0.15, -0.1) is 0 Å². The average Bonchev–Trinajstić information content (AvgIpc) is 2.61. The zero-order valence-electron chi connectivity index (χ0n) is 13.1. The molecule has 0 amide bonds. The maximum Gasteiger partial charge on any atom is 0.288 e. The van der Waals surface area contributed by atoms with Crippen molar-refractivity contribution in [2.24, 2.45) is 0 Å². The molecule has 0 spiro atoms. The van der Waals surface area contributed by atoms with Gasteiger partial charge in [-0.05, 0) is 29.8 Å². The van der Waals surface area contributed by atoms with Crippen molar-refractivity contribution in [3.05, 3.63) is 74.3 Å². The number of pyridine rings is 1. The Morgan fingerprint density at radius 2 is 1.88 bits per heavy atom. The van der Waals surface area contributed by atoms with Gasteiger partial charge in [0.2, 0.25) is 0 Å². The lowest BCUT2D eigenvalue weighted by molar-refractivity contribution is -0.384. The number of rotatable bonds is 3. The Hall–Kier alpha value is -3.14. The van der Waals surface area contributed by atoms with Crippen LogP contribution in [0.1, 0.15) is 5.56 Å². The van der Waals surface area contributed by atoms with Gasteiger partial charge in [-0.25, -0.2) is 4.98 Å². The molecule has 0 bridgehead atoms. The molecule has 0 saturated heterocycles. The lowest BCUT2D eigenvalue weighted by atomic mass is 9.98. The third-order valence-corrected chi connectivity index (χ3v) is 4.29. The summed E-state index contributed by atoms with van der Waals surface area (Å²) in [7, 11) is 0. The molecule has 0 fully saturated rings. The normalized spacial score (nSPS) is 10.3. The zero-order valence-corrected chi connectivity index (χ0v) is 14.6. The van der Waals surface area contributed by atoms with E-state index in [2.05, 4.69) is 4.98 Å². The van der Waals surface area contributed by atoms with Gasteiger partial charge >= 0.3 is 0 Å². The Morgan fingerprint density at radius 3 is 2.54 bits per heavy atom. The van der Waals surface area contributed by atoms with Crippen molar-refractivity contribution in [2.45, 2.75) is 0 Å².